The smallest absolute Gasteiger partial charge is 0.357 e. The summed E-state index contributed by atoms with van der Waals surface area (Å²) in [5.74, 6) is -0.999. The maximum atomic E-state index is 11.9. The van der Waals surface area contributed by atoms with Crippen LogP contribution in [0.1, 0.15) is 27.8 Å². The standard InChI is InChI=1S/C15H15N3O5S/c1-3-23-13(20)11-8-24-15(17-11)18-14(21)16-10-6-4-9(5-7-10)12(19)22-2/h4-8H,3H2,1-2H3,(H2,16,17,18,21). The van der Waals surface area contributed by atoms with Gasteiger partial charge in [-0.1, -0.05) is 0 Å². The first-order valence-electron chi connectivity index (χ1n) is 6.92. The first-order valence-corrected chi connectivity index (χ1v) is 7.80. The van der Waals surface area contributed by atoms with Crippen LogP contribution in [0.25, 0.3) is 0 Å². The van der Waals surface area contributed by atoms with Crippen LogP contribution in [-0.2, 0) is 9.47 Å². The van der Waals surface area contributed by atoms with Crippen LogP contribution in [-0.4, -0.2) is 36.7 Å². The predicted octanol–water partition coefficient (Wildman–Crippen LogP) is 2.75. The summed E-state index contributed by atoms with van der Waals surface area (Å²) < 4.78 is 9.41. The van der Waals surface area contributed by atoms with E-state index < -0.39 is 18.0 Å². The molecule has 0 aliphatic rings. The quantitative estimate of drug-likeness (QED) is 0.804. The average molecular weight is 349 g/mol. The number of hydrogen-bond donors (Lipinski definition) is 2. The number of amides is 2. The molecule has 0 saturated heterocycles. The van der Waals surface area contributed by atoms with Gasteiger partial charge in [-0.15, -0.1) is 11.3 Å². The number of carbonyl (C=O) groups excluding carboxylic acids is 3. The number of aromatic nitrogens is 1. The number of nitrogens with one attached hydrogen (secondary N) is 2. The predicted molar refractivity (Wildman–Crippen MR) is 88.5 cm³/mol. The van der Waals surface area contributed by atoms with E-state index in [4.69, 9.17) is 4.74 Å². The molecule has 1 aromatic heterocycles. The van der Waals surface area contributed by atoms with E-state index in [1.807, 2.05) is 0 Å². The third-order valence-electron chi connectivity index (χ3n) is 2.77. The number of anilines is 2. The topological polar surface area (TPSA) is 107 Å². The molecule has 9 heteroatoms. The van der Waals surface area contributed by atoms with Crippen molar-refractivity contribution in [2.45, 2.75) is 6.92 Å². The molecule has 1 aromatic carbocycles. The van der Waals surface area contributed by atoms with Crippen LogP contribution in [0, 0.1) is 0 Å². The molecule has 0 aliphatic heterocycles. The molecule has 0 saturated carbocycles. The second-order valence-corrected chi connectivity index (χ2v) is 5.26. The summed E-state index contributed by atoms with van der Waals surface area (Å²) in [6, 6.07) is 5.67. The van der Waals surface area contributed by atoms with Gasteiger partial charge in [-0.3, -0.25) is 5.32 Å². The van der Waals surface area contributed by atoms with Crippen LogP contribution in [0.3, 0.4) is 0 Å². The molecule has 0 bridgehead atoms. The fraction of sp³-hybridized carbons (Fsp3) is 0.200. The third-order valence-corrected chi connectivity index (χ3v) is 3.53. The Labute approximate surface area is 141 Å². The lowest BCUT2D eigenvalue weighted by Crippen LogP contribution is -2.19. The van der Waals surface area contributed by atoms with Crippen molar-refractivity contribution in [3.63, 3.8) is 0 Å². The summed E-state index contributed by atoms with van der Waals surface area (Å²) in [4.78, 5) is 38.7. The Balaban J connectivity index is 1.93. The van der Waals surface area contributed by atoms with Gasteiger partial charge in [0.1, 0.15) is 0 Å². The lowest BCUT2D eigenvalue weighted by molar-refractivity contribution is 0.0519. The van der Waals surface area contributed by atoms with Crippen molar-refractivity contribution < 1.29 is 23.9 Å². The molecule has 1 heterocycles. The van der Waals surface area contributed by atoms with E-state index in [-0.39, 0.29) is 17.4 Å². The van der Waals surface area contributed by atoms with E-state index >= 15 is 0 Å². The molecule has 0 aliphatic carbocycles. The molecule has 2 amide bonds. The Morgan fingerprint density at radius 2 is 1.83 bits per heavy atom. The zero-order valence-corrected chi connectivity index (χ0v) is 13.8. The molecule has 0 fully saturated rings. The van der Waals surface area contributed by atoms with Gasteiger partial charge in [-0.25, -0.2) is 19.4 Å². The highest BCUT2D eigenvalue weighted by Crippen LogP contribution is 2.17. The SMILES string of the molecule is CCOC(=O)c1csc(NC(=O)Nc2ccc(C(=O)OC)cc2)n1. The summed E-state index contributed by atoms with van der Waals surface area (Å²) >= 11 is 1.11. The molecule has 0 radical (unpaired) electrons. The summed E-state index contributed by atoms with van der Waals surface area (Å²) in [5.41, 5.74) is 1.00. The average Bonchev–Trinajstić information content (AvgIpc) is 3.03. The molecule has 2 N–H and O–H groups in total. The summed E-state index contributed by atoms with van der Waals surface area (Å²) in [5, 5.41) is 6.87. The van der Waals surface area contributed by atoms with Crippen LogP contribution in [0.4, 0.5) is 15.6 Å². The number of methoxy groups -OCH3 is 1. The number of thiazole rings is 1. The highest BCUT2D eigenvalue weighted by molar-refractivity contribution is 7.14. The van der Waals surface area contributed by atoms with Gasteiger partial charge in [0.05, 0.1) is 19.3 Å². The van der Waals surface area contributed by atoms with Gasteiger partial charge < -0.3 is 14.8 Å². The summed E-state index contributed by atoms with van der Waals surface area (Å²) in [6.07, 6.45) is 0. The lowest BCUT2D eigenvalue weighted by Gasteiger charge is -2.06. The number of nitrogens with zero attached hydrogens (tertiary/aromatic N) is 1. The first kappa shape index (κ1) is 17.4. The molecule has 0 atom stereocenters. The normalized spacial score (nSPS) is 9.92. The van der Waals surface area contributed by atoms with Crippen LogP contribution in [0.15, 0.2) is 29.6 Å². The molecule has 2 aromatic rings. The number of urea groups is 1. The van der Waals surface area contributed by atoms with E-state index in [0.717, 1.165) is 11.3 Å². The minimum atomic E-state index is -0.541. The number of esters is 2. The number of rotatable bonds is 5. The minimum absolute atomic E-state index is 0.139. The zero-order chi connectivity index (χ0) is 17.5. The Morgan fingerprint density at radius 1 is 1.12 bits per heavy atom. The van der Waals surface area contributed by atoms with Crippen molar-refractivity contribution in [1.29, 1.82) is 0 Å². The number of ether oxygens (including phenoxy) is 2. The van der Waals surface area contributed by atoms with E-state index in [9.17, 15) is 14.4 Å². The van der Waals surface area contributed by atoms with E-state index in [0.29, 0.717) is 11.3 Å². The molecule has 0 unspecified atom stereocenters. The van der Waals surface area contributed by atoms with Gasteiger partial charge in [0.2, 0.25) is 0 Å². The van der Waals surface area contributed by atoms with Crippen molar-refractivity contribution in [2.75, 3.05) is 24.4 Å². The van der Waals surface area contributed by atoms with E-state index in [2.05, 4.69) is 20.4 Å². The van der Waals surface area contributed by atoms with Gasteiger partial charge in [0.25, 0.3) is 0 Å². The molecule has 24 heavy (non-hydrogen) atoms. The molecule has 0 spiro atoms. The van der Waals surface area contributed by atoms with Crippen LogP contribution in [0.2, 0.25) is 0 Å². The Bertz CT molecular complexity index is 742. The molecule has 2 rings (SSSR count). The van der Waals surface area contributed by atoms with Gasteiger partial charge in [-0.2, -0.15) is 0 Å². The third kappa shape index (κ3) is 4.53. The van der Waals surface area contributed by atoms with E-state index in [1.54, 1.807) is 19.1 Å². The maximum absolute atomic E-state index is 11.9. The number of benzene rings is 1. The molecule has 8 nitrogen and oxygen atoms in total. The lowest BCUT2D eigenvalue weighted by atomic mass is 10.2. The zero-order valence-electron chi connectivity index (χ0n) is 13.0. The second kappa shape index (κ2) is 8.06. The van der Waals surface area contributed by atoms with Crippen molar-refractivity contribution in [2.24, 2.45) is 0 Å². The second-order valence-electron chi connectivity index (χ2n) is 4.41. The number of carbonyl (C=O) groups is 3. The van der Waals surface area contributed by atoms with Crippen LogP contribution >= 0.6 is 11.3 Å². The largest absolute Gasteiger partial charge is 0.465 e. The van der Waals surface area contributed by atoms with Crippen LogP contribution in [0.5, 0.6) is 0 Å². The fourth-order valence-corrected chi connectivity index (χ4v) is 2.37. The Morgan fingerprint density at radius 3 is 2.46 bits per heavy atom. The monoisotopic (exact) mass is 349 g/mol. The van der Waals surface area contributed by atoms with Crippen molar-refractivity contribution in [3.05, 3.63) is 40.9 Å². The van der Waals surface area contributed by atoms with Crippen molar-refractivity contribution >= 4 is 40.1 Å². The summed E-state index contributed by atoms with van der Waals surface area (Å²) in [7, 11) is 1.29. The molecular weight excluding hydrogens is 334 g/mol. The van der Waals surface area contributed by atoms with Gasteiger partial charge in [0, 0.05) is 11.1 Å². The minimum Gasteiger partial charge on any atom is -0.465 e. The molecule has 126 valence electrons. The summed E-state index contributed by atoms with van der Waals surface area (Å²) in [6.45, 7) is 1.95. The van der Waals surface area contributed by atoms with E-state index in [1.165, 1.54) is 24.6 Å². The maximum Gasteiger partial charge on any atom is 0.357 e. The van der Waals surface area contributed by atoms with Crippen LogP contribution < -0.4 is 10.6 Å². The van der Waals surface area contributed by atoms with Gasteiger partial charge >= 0.3 is 18.0 Å². The molecular formula is C15H15N3O5S. The Kier molecular flexibility index (Phi) is 5.85. The first-order chi connectivity index (χ1) is 11.5. The highest BCUT2D eigenvalue weighted by atomic mass is 32.1. The van der Waals surface area contributed by atoms with Crippen molar-refractivity contribution in [1.82, 2.24) is 4.98 Å². The van der Waals surface area contributed by atoms with Gasteiger partial charge in [0.15, 0.2) is 10.8 Å². The fourth-order valence-electron chi connectivity index (χ4n) is 1.70. The highest BCUT2D eigenvalue weighted by Gasteiger charge is 2.13. The Hall–Kier alpha value is -2.94. The number of hydrogen-bond acceptors (Lipinski definition) is 7. The van der Waals surface area contributed by atoms with Gasteiger partial charge in [-0.05, 0) is 31.2 Å². The van der Waals surface area contributed by atoms with Crippen molar-refractivity contribution in [3.8, 4) is 0 Å².